The Morgan fingerprint density at radius 2 is 1.13 bits per heavy atom. The fourth-order valence-corrected chi connectivity index (χ4v) is 11.1. The van der Waals surface area contributed by atoms with Gasteiger partial charge in [-0.3, -0.25) is 0 Å². The molecule has 0 N–H and O–H groups in total. The molecule has 7 aromatic carbocycles. The van der Waals surface area contributed by atoms with Gasteiger partial charge >= 0.3 is 0 Å². The molecule has 0 bridgehead atoms. The van der Waals surface area contributed by atoms with Crippen molar-refractivity contribution in [2.75, 3.05) is 4.90 Å². The standard InChI is InChI=1S/C60H57N/c1-10-21-43-45-34-32-40(58(5,6)7)36-52(45)60(53(43)38-57(2,3)4)49-28-18-14-25-44(49)47-37-41(33-35-50(47)60)61(54-30-19-16-24-42(54)39-22-12-11-13-23-39)55-31-20-29-51-56(55)46-26-15-17-27-48(46)59(51,8)9/h10-37H,38H2,1-9H3/b21-10-. The molecule has 3 aliphatic carbocycles. The van der Waals surface area contributed by atoms with Crippen LogP contribution in [0.25, 0.3) is 39.0 Å². The number of anilines is 3. The number of para-hydroxylation sites is 1. The average molecular weight is 792 g/mol. The highest BCUT2D eigenvalue weighted by Gasteiger charge is 2.53. The van der Waals surface area contributed by atoms with Crippen molar-refractivity contribution in [1.82, 2.24) is 0 Å². The topological polar surface area (TPSA) is 3.24 Å². The molecule has 1 heteroatoms. The van der Waals surface area contributed by atoms with Crippen LogP contribution in [0.4, 0.5) is 17.1 Å². The van der Waals surface area contributed by atoms with E-state index in [4.69, 9.17) is 0 Å². The second-order valence-electron chi connectivity index (χ2n) is 20.3. The molecule has 1 atom stereocenters. The van der Waals surface area contributed by atoms with E-state index in [0.717, 1.165) is 17.8 Å². The van der Waals surface area contributed by atoms with Crippen LogP contribution in [0.15, 0.2) is 175 Å². The number of nitrogens with zero attached hydrogens (tertiary/aromatic N) is 1. The fraction of sp³-hybridized carbons (Fsp3) is 0.233. The van der Waals surface area contributed by atoms with Crippen molar-refractivity contribution >= 4 is 22.6 Å². The second-order valence-corrected chi connectivity index (χ2v) is 20.3. The molecule has 0 radical (unpaired) electrons. The summed E-state index contributed by atoms with van der Waals surface area (Å²) in [6, 6.07) is 60.0. The highest BCUT2D eigenvalue weighted by atomic mass is 15.1. The largest absolute Gasteiger partial charge is 0.309 e. The number of rotatable bonds is 6. The van der Waals surface area contributed by atoms with Crippen LogP contribution in [0, 0.1) is 5.41 Å². The molecule has 1 nitrogen and oxygen atoms in total. The van der Waals surface area contributed by atoms with E-state index in [1.54, 1.807) is 0 Å². The van der Waals surface area contributed by atoms with Gasteiger partial charge < -0.3 is 4.90 Å². The summed E-state index contributed by atoms with van der Waals surface area (Å²) < 4.78 is 0. The zero-order valence-electron chi connectivity index (χ0n) is 37.3. The molecule has 1 spiro atoms. The van der Waals surface area contributed by atoms with Crippen LogP contribution in [-0.2, 0) is 16.2 Å². The molecule has 0 amide bonds. The van der Waals surface area contributed by atoms with Crippen LogP contribution in [0.2, 0.25) is 0 Å². The van der Waals surface area contributed by atoms with E-state index < -0.39 is 5.41 Å². The Hall–Kier alpha value is -6.18. The fourth-order valence-electron chi connectivity index (χ4n) is 11.1. The van der Waals surface area contributed by atoms with Crippen LogP contribution in [0.3, 0.4) is 0 Å². The van der Waals surface area contributed by atoms with Crippen molar-refractivity contribution in [2.24, 2.45) is 5.41 Å². The summed E-state index contributed by atoms with van der Waals surface area (Å²) in [5, 5.41) is 0. The minimum absolute atomic E-state index is 0.00431. The lowest BCUT2D eigenvalue weighted by Gasteiger charge is -2.36. The van der Waals surface area contributed by atoms with Gasteiger partial charge in [0, 0.05) is 22.2 Å². The highest BCUT2D eigenvalue weighted by Crippen LogP contribution is 2.65. The van der Waals surface area contributed by atoms with Gasteiger partial charge in [0.15, 0.2) is 0 Å². The third kappa shape index (κ3) is 5.88. The summed E-state index contributed by atoms with van der Waals surface area (Å²) in [4.78, 5) is 2.56. The van der Waals surface area contributed by atoms with Crippen molar-refractivity contribution in [3.8, 4) is 33.4 Å². The lowest BCUT2D eigenvalue weighted by molar-refractivity contribution is 0.396. The lowest BCUT2D eigenvalue weighted by atomic mass is 9.65. The molecule has 0 heterocycles. The quantitative estimate of drug-likeness (QED) is 0.162. The first-order valence-electron chi connectivity index (χ1n) is 22.2. The highest BCUT2D eigenvalue weighted by molar-refractivity contribution is 6.01. The van der Waals surface area contributed by atoms with Crippen molar-refractivity contribution in [1.29, 1.82) is 0 Å². The maximum absolute atomic E-state index is 2.56. The molecule has 0 fully saturated rings. The Labute approximate surface area is 364 Å². The Bertz CT molecular complexity index is 2940. The summed E-state index contributed by atoms with van der Waals surface area (Å²) in [5.41, 5.74) is 23.2. The second kappa shape index (κ2) is 13.9. The van der Waals surface area contributed by atoms with Crippen LogP contribution in [0.5, 0.6) is 0 Å². The Kier molecular flexibility index (Phi) is 8.90. The monoisotopic (exact) mass is 791 g/mol. The number of hydrogen-bond donors (Lipinski definition) is 0. The first kappa shape index (κ1) is 39.0. The van der Waals surface area contributed by atoms with Crippen molar-refractivity contribution in [2.45, 2.75) is 85.0 Å². The Balaban J connectivity index is 1.29. The molecule has 3 aliphatic rings. The third-order valence-corrected chi connectivity index (χ3v) is 13.7. The first-order chi connectivity index (χ1) is 29.2. The molecular formula is C60H57N. The van der Waals surface area contributed by atoms with Gasteiger partial charge in [0.2, 0.25) is 0 Å². The normalized spacial score (nSPS) is 17.1. The smallest absolute Gasteiger partial charge is 0.0688 e. The van der Waals surface area contributed by atoms with Crippen LogP contribution in [0.1, 0.15) is 108 Å². The maximum Gasteiger partial charge on any atom is 0.0688 e. The van der Waals surface area contributed by atoms with E-state index in [0.29, 0.717) is 0 Å². The molecule has 302 valence electrons. The molecule has 0 saturated carbocycles. The van der Waals surface area contributed by atoms with E-state index in [9.17, 15) is 0 Å². The summed E-state index contributed by atoms with van der Waals surface area (Å²) >= 11 is 0. The zero-order chi connectivity index (χ0) is 42.5. The van der Waals surface area contributed by atoms with Crippen LogP contribution >= 0.6 is 0 Å². The van der Waals surface area contributed by atoms with Gasteiger partial charge in [-0.1, -0.05) is 201 Å². The number of hydrogen-bond acceptors (Lipinski definition) is 1. The van der Waals surface area contributed by atoms with Gasteiger partial charge in [-0.25, -0.2) is 0 Å². The molecule has 1 unspecified atom stereocenters. The van der Waals surface area contributed by atoms with Gasteiger partial charge in [-0.2, -0.15) is 0 Å². The van der Waals surface area contributed by atoms with E-state index in [1.807, 2.05) is 0 Å². The molecule has 0 aliphatic heterocycles. The van der Waals surface area contributed by atoms with Gasteiger partial charge in [-0.15, -0.1) is 0 Å². The maximum atomic E-state index is 2.56. The summed E-state index contributed by atoms with van der Waals surface area (Å²) in [5.74, 6) is 0. The Morgan fingerprint density at radius 3 is 1.85 bits per heavy atom. The zero-order valence-corrected chi connectivity index (χ0v) is 37.3. The minimum atomic E-state index is -0.424. The molecular weight excluding hydrogens is 735 g/mol. The predicted molar refractivity (Wildman–Crippen MR) is 260 cm³/mol. The summed E-state index contributed by atoms with van der Waals surface area (Å²) in [7, 11) is 0. The van der Waals surface area contributed by atoms with Crippen LogP contribution in [-0.4, -0.2) is 0 Å². The molecule has 7 aromatic rings. The predicted octanol–water partition coefficient (Wildman–Crippen LogP) is 16.5. The average Bonchev–Trinajstić information content (AvgIpc) is 3.78. The molecule has 10 rings (SSSR count). The molecule has 0 aromatic heterocycles. The van der Waals surface area contributed by atoms with Crippen molar-refractivity contribution in [3.63, 3.8) is 0 Å². The minimum Gasteiger partial charge on any atom is -0.309 e. The van der Waals surface area contributed by atoms with Gasteiger partial charge in [0.25, 0.3) is 0 Å². The number of allylic oxidation sites excluding steroid dienone is 4. The van der Waals surface area contributed by atoms with Crippen molar-refractivity contribution in [3.05, 3.63) is 214 Å². The SMILES string of the molecule is C/C=C\C1=C(CC(C)(C)C)C2(c3cc(C(C)(C)C)ccc31)c1ccccc1-c1cc(N(c3ccccc3-c3ccccc3)c3cccc4c3-c3ccccc3C4(C)C)ccc12. The van der Waals surface area contributed by atoms with Crippen molar-refractivity contribution < 1.29 is 0 Å². The summed E-state index contributed by atoms with van der Waals surface area (Å²) in [6.07, 6.45) is 5.60. The molecule has 61 heavy (non-hydrogen) atoms. The first-order valence-corrected chi connectivity index (χ1v) is 22.2. The number of benzene rings is 7. The Morgan fingerprint density at radius 1 is 0.508 bits per heavy atom. The van der Waals surface area contributed by atoms with E-state index in [-0.39, 0.29) is 16.2 Å². The van der Waals surface area contributed by atoms with Gasteiger partial charge in [-0.05, 0) is 121 Å². The van der Waals surface area contributed by atoms with Gasteiger partial charge in [0.1, 0.15) is 0 Å². The van der Waals surface area contributed by atoms with Crippen LogP contribution < -0.4 is 4.90 Å². The van der Waals surface area contributed by atoms with E-state index >= 15 is 0 Å². The van der Waals surface area contributed by atoms with E-state index in [1.165, 1.54) is 89.2 Å². The molecule has 0 saturated heterocycles. The lowest BCUT2D eigenvalue weighted by Crippen LogP contribution is -2.30. The van der Waals surface area contributed by atoms with E-state index in [2.05, 4.69) is 237 Å². The third-order valence-electron chi connectivity index (χ3n) is 13.7. The van der Waals surface area contributed by atoms with Gasteiger partial charge in [0.05, 0.1) is 16.8 Å². The number of fused-ring (bicyclic) bond motifs is 10. The summed E-state index contributed by atoms with van der Waals surface area (Å²) in [6.45, 7) is 21.2.